The number of nitrogens with one attached hydrogen (secondary N) is 1. The lowest BCUT2D eigenvalue weighted by atomic mass is 10.1. The van der Waals surface area contributed by atoms with Crippen molar-refractivity contribution >= 4 is 5.69 Å². The standard InChI is InChI=1S/C13H20N2/c1-14-9-11-8-13(11)10-4-6-12(7-5-10)15(2)3/h4-7,11,13-14H,8-9H2,1-3H3/t11-,13+/m1/s1. The molecule has 2 heteroatoms. The second-order valence-corrected chi connectivity index (χ2v) is 4.65. The average Bonchev–Trinajstić information content (AvgIpc) is 2.98. The molecule has 1 aromatic rings. The van der Waals surface area contributed by atoms with Crippen molar-refractivity contribution < 1.29 is 0 Å². The molecule has 0 bridgehead atoms. The van der Waals surface area contributed by atoms with Crippen LogP contribution in [0.4, 0.5) is 5.69 Å². The Bertz CT molecular complexity index is 316. The fourth-order valence-electron chi connectivity index (χ4n) is 2.16. The van der Waals surface area contributed by atoms with Crippen LogP contribution in [0.15, 0.2) is 24.3 Å². The zero-order valence-corrected chi connectivity index (χ0v) is 9.83. The summed E-state index contributed by atoms with van der Waals surface area (Å²) in [6.07, 6.45) is 1.35. The molecule has 0 radical (unpaired) electrons. The number of nitrogens with zero attached hydrogens (tertiary/aromatic N) is 1. The van der Waals surface area contributed by atoms with E-state index in [0.717, 1.165) is 18.4 Å². The molecule has 15 heavy (non-hydrogen) atoms. The Balaban J connectivity index is 2.00. The maximum atomic E-state index is 3.25. The first-order valence-electron chi connectivity index (χ1n) is 5.64. The largest absolute Gasteiger partial charge is 0.378 e. The van der Waals surface area contributed by atoms with Gasteiger partial charge in [-0.3, -0.25) is 0 Å². The lowest BCUT2D eigenvalue weighted by Gasteiger charge is -2.12. The Morgan fingerprint density at radius 1 is 1.27 bits per heavy atom. The third-order valence-corrected chi connectivity index (χ3v) is 3.23. The molecular formula is C13H20N2. The third kappa shape index (κ3) is 2.32. The molecule has 1 aromatic carbocycles. The van der Waals surface area contributed by atoms with E-state index in [0.29, 0.717) is 0 Å². The highest BCUT2D eigenvalue weighted by molar-refractivity contribution is 5.47. The predicted molar refractivity (Wildman–Crippen MR) is 65.5 cm³/mol. The molecule has 1 fully saturated rings. The zero-order valence-electron chi connectivity index (χ0n) is 9.83. The van der Waals surface area contributed by atoms with Crippen molar-refractivity contribution in [3.8, 4) is 0 Å². The lowest BCUT2D eigenvalue weighted by Crippen LogP contribution is -2.10. The minimum absolute atomic E-state index is 0.800. The van der Waals surface area contributed by atoms with Crippen LogP contribution in [-0.2, 0) is 0 Å². The van der Waals surface area contributed by atoms with Crippen LogP contribution in [-0.4, -0.2) is 27.7 Å². The molecule has 2 rings (SSSR count). The van der Waals surface area contributed by atoms with Gasteiger partial charge in [-0.15, -0.1) is 0 Å². The average molecular weight is 204 g/mol. The summed E-state index contributed by atoms with van der Waals surface area (Å²) in [5, 5.41) is 3.25. The van der Waals surface area contributed by atoms with Crippen LogP contribution in [0.25, 0.3) is 0 Å². The van der Waals surface area contributed by atoms with Crippen LogP contribution in [0.1, 0.15) is 17.9 Å². The normalized spacial score (nSPS) is 23.9. The molecular weight excluding hydrogens is 184 g/mol. The molecule has 0 aromatic heterocycles. The van der Waals surface area contributed by atoms with Crippen molar-refractivity contribution in [3.05, 3.63) is 29.8 Å². The van der Waals surface area contributed by atoms with Crippen molar-refractivity contribution in [2.45, 2.75) is 12.3 Å². The molecule has 0 heterocycles. The van der Waals surface area contributed by atoms with E-state index in [1.54, 1.807) is 0 Å². The van der Waals surface area contributed by atoms with Gasteiger partial charge in [0.15, 0.2) is 0 Å². The van der Waals surface area contributed by atoms with E-state index >= 15 is 0 Å². The Hall–Kier alpha value is -1.02. The number of rotatable bonds is 4. The van der Waals surface area contributed by atoms with E-state index in [1.165, 1.54) is 17.7 Å². The maximum Gasteiger partial charge on any atom is 0.0361 e. The van der Waals surface area contributed by atoms with Gasteiger partial charge in [-0.1, -0.05) is 12.1 Å². The highest BCUT2D eigenvalue weighted by Crippen LogP contribution is 2.47. The van der Waals surface area contributed by atoms with Gasteiger partial charge in [0.25, 0.3) is 0 Å². The number of hydrogen-bond acceptors (Lipinski definition) is 2. The molecule has 0 spiro atoms. The Morgan fingerprint density at radius 2 is 1.93 bits per heavy atom. The summed E-state index contributed by atoms with van der Waals surface area (Å²) in [5.41, 5.74) is 2.78. The van der Waals surface area contributed by atoms with Gasteiger partial charge >= 0.3 is 0 Å². The highest BCUT2D eigenvalue weighted by Gasteiger charge is 2.37. The zero-order chi connectivity index (χ0) is 10.8. The first kappa shape index (κ1) is 10.5. The van der Waals surface area contributed by atoms with Crippen molar-refractivity contribution in [1.82, 2.24) is 5.32 Å². The first-order chi connectivity index (χ1) is 7.22. The van der Waals surface area contributed by atoms with Crippen molar-refractivity contribution in [3.63, 3.8) is 0 Å². The third-order valence-electron chi connectivity index (χ3n) is 3.23. The molecule has 0 saturated heterocycles. The highest BCUT2D eigenvalue weighted by atomic mass is 15.1. The van der Waals surface area contributed by atoms with Crippen LogP contribution in [0, 0.1) is 5.92 Å². The smallest absolute Gasteiger partial charge is 0.0361 e. The summed E-state index contributed by atoms with van der Waals surface area (Å²) in [6, 6.07) is 8.97. The minimum Gasteiger partial charge on any atom is -0.378 e. The van der Waals surface area contributed by atoms with E-state index in [2.05, 4.69) is 48.6 Å². The van der Waals surface area contributed by atoms with Gasteiger partial charge < -0.3 is 10.2 Å². The van der Waals surface area contributed by atoms with Gasteiger partial charge in [0, 0.05) is 19.8 Å². The Labute approximate surface area is 92.3 Å². The summed E-state index contributed by atoms with van der Waals surface area (Å²) in [5.74, 6) is 1.66. The van der Waals surface area contributed by atoms with Crippen molar-refractivity contribution in [1.29, 1.82) is 0 Å². The quantitative estimate of drug-likeness (QED) is 0.807. The van der Waals surface area contributed by atoms with Crippen LogP contribution in [0.5, 0.6) is 0 Å². The summed E-state index contributed by atoms with van der Waals surface area (Å²) < 4.78 is 0. The SMILES string of the molecule is CNC[C@H]1C[C@H]1c1ccc(N(C)C)cc1. The minimum atomic E-state index is 0.800. The van der Waals surface area contributed by atoms with E-state index in [-0.39, 0.29) is 0 Å². The van der Waals surface area contributed by atoms with Crippen molar-refractivity contribution in [2.24, 2.45) is 5.92 Å². The van der Waals surface area contributed by atoms with Crippen LogP contribution in [0.3, 0.4) is 0 Å². The molecule has 2 nitrogen and oxygen atoms in total. The molecule has 1 saturated carbocycles. The molecule has 2 atom stereocenters. The fraction of sp³-hybridized carbons (Fsp3) is 0.538. The molecule has 0 unspecified atom stereocenters. The van der Waals surface area contributed by atoms with Gasteiger partial charge in [0.1, 0.15) is 0 Å². The van der Waals surface area contributed by atoms with E-state index in [9.17, 15) is 0 Å². The fourth-order valence-corrected chi connectivity index (χ4v) is 2.16. The summed E-state index contributed by atoms with van der Waals surface area (Å²) >= 11 is 0. The second kappa shape index (κ2) is 4.23. The van der Waals surface area contributed by atoms with Gasteiger partial charge in [-0.05, 0) is 49.5 Å². The Morgan fingerprint density at radius 3 is 2.47 bits per heavy atom. The van der Waals surface area contributed by atoms with E-state index in [1.807, 2.05) is 7.05 Å². The van der Waals surface area contributed by atoms with Crippen molar-refractivity contribution in [2.75, 3.05) is 32.6 Å². The lowest BCUT2D eigenvalue weighted by molar-refractivity contribution is 0.698. The summed E-state index contributed by atoms with van der Waals surface area (Å²) in [6.45, 7) is 1.15. The van der Waals surface area contributed by atoms with Crippen LogP contribution < -0.4 is 10.2 Å². The topological polar surface area (TPSA) is 15.3 Å². The summed E-state index contributed by atoms with van der Waals surface area (Å²) in [7, 11) is 6.19. The van der Waals surface area contributed by atoms with E-state index < -0.39 is 0 Å². The van der Waals surface area contributed by atoms with Gasteiger partial charge in [-0.25, -0.2) is 0 Å². The van der Waals surface area contributed by atoms with Crippen LogP contribution >= 0.6 is 0 Å². The molecule has 1 N–H and O–H groups in total. The number of anilines is 1. The van der Waals surface area contributed by atoms with E-state index in [4.69, 9.17) is 0 Å². The number of benzene rings is 1. The summed E-state index contributed by atoms with van der Waals surface area (Å²) in [4.78, 5) is 2.14. The molecule has 1 aliphatic carbocycles. The molecule has 82 valence electrons. The van der Waals surface area contributed by atoms with Gasteiger partial charge in [0.05, 0.1) is 0 Å². The maximum absolute atomic E-state index is 3.25. The van der Waals surface area contributed by atoms with Crippen LogP contribution in [0.2, 0.25) is 0 Å². The molecule has 1 aliphatic rings. The first-order valence-corrected chi connectivity index (χ1v) is 5.64. The van der Waals surface area contributed by atoms with Gasteiger partial charge in [-0.2, -0.15) is 0 Å². The predicted octanol–water partition coefficient (Wildman–Crippen LogP) is 2.08. The monoisotopic (exact) mass is 204 g/mol. The van der Waals surface area contributed by atoms with Gasteiger partial charge in [0.2, 0.25) is 0 Å². The number of hydrogen-bond donors (Lipinski definition) is 1. The molecule has 0 amide bonds. The molecule has 0 aliphatic heterocycles. The Kier molecular flexibility index (Phi) is 2.96. The second-order valence-electron chi connectivity index (χ2n) is 4.65.